The standard InChI is InChI=1S/C38H38F3N3O5/c39-38(40,41)31-11-6-10-29(21-31)33-12-5-4-9-30(33)22-43-37(49)44(32-19-17-27(18-20-32)26-7-2-1-3-8-26)24-25-13-15-28(16-14-25)35(46)42-23-34(45)36(47)48/h4-6,9-21,26,34,45H,1-3,7-8,22-24H2,(H,42,46)(H,43,49)(H,47,48). The second-order valence-electron chi connectivity index (χ2n) is 12.2. The molecular weight excluding hydrogens is 635 g/mol. The highest BCUT2D eigenvalue weighted by molar-refractivity contribution is 5.95. The molecule has 4 aromatic rings. The predicted molar refractivity (Wildman–Crippen MR) is 180 cm³/mol. The van der Waals surface area contributed by atoms with E-state index in [0.29, 0.717) is 33.9 Å². The molecule has 4 aromatic carbocycles. The van der Waals surface area contributed by atoms with Gasteiger partial charge in [0.2, 0.25) is 0 Å². The second-order valence-corrected chi connectivity index (χ2v) is 12.2. The number of nitrogens with zero attached hydrogens (tertiary/aromatic N) is 1. The van der Waals surface area contributed by atoms with Crippen molar-refractivity contribution in [3.8, 4) is 11.1 Å². The molecule has 1 unspecified atom stereocenters. The van der Waals surface area contributed by atoms with Crippen molar-refractivity contribution >= 4 is 23.6 Å². The molecule has 5 rings (SSSR count). The van der Waals surface area contributed by atoms with Crippen molar-refractivity contribution in [2.75, 3.05) is 11.4 Å². The number of carbonyl (C=O) groups excluding carboxylic acids is 2. The molecule has 8 nitrogen and oxygen atoms in total. The molecule has 4 N–H and O–H groups in total. The Morgan fingerprint density at radius 3 is 2.20 bits per heavy atom. The van der Waals surface area contributed by atoms with Gasteiger partial charge in [0.15, 0.2) is 6.10 Å². The second kappa shape index (κ2) is 15.8. The van der Waals surface area contributed by atoms with Crippen molar-refractivity contribution in [1.29, 1.82) is 0 Å². The van der Waals surface area contributed by atoms with Crippen LogP contribution in [0.3, 0.4) is 0 Å². The van der Waals surface area contributed by atoms with Gasteiger partial charge in [-0.3, -0.25) is 9.69 Å². The third kappa shape index (κ3) is 9.26. The number of carboxylic acid groups (broad SMARTS) is 1. The molecule has 0 aromatic heterocycles. The summed E-state index contributed by atoms with van der Waals surface area (Å²) in [6.45, 7) is -0.246. The molecule has 3 amide bonds. The number of carbonyl (C=O) groups is 3. The van der Waals surface area contributed by atoms with Gasteiger partial charge in [-0.1, -0.05) is 79.9 Å². The quantitative estimate of drug-likeness (QED) is 0.131. The van der Waals surface area contributed by atoms with Gasteiger partial charge >= 0.3 is 18.2 Å². The number of rotatable bonds is 11. The van der Waals surface area contributed by atoms with E-state index >= 15 is 0 Å². The van der Waals surface area contributed by atoms with Crippen molar-refractivity contribution in [2.24, 2.45) is 0 Å². The molecule has 0 bridgehead atoms. The van der Waals surface area contributed by atoms with Crippen LogP contribution in [0, 0.1) is 0 Å². The number of aliphatic carboxylic acids is 1. The Morgan fingerprint density at radius 2 is 1.53 bits per heavy atom. The van der Waals surface area contributed by atoms with Crippen LogP contribution in [-0.4, -0.2) is 40.8 Å². The fourth-order valence-electron chi connectivity index (χ4n) is 6.05. The van der Waals surface area contributed by atoms with Gasteiger partial charge < -0.3 is 20.8 Å². The smallest absolute Gasteiger partial charge is 0.416 e. The first-order chi connectivity index (χ1) is 23.5. The third-order valence-electron chi connectivity index (χ3n) is 8.77. The summed E-state index contributed by atoms with van der Waals surface area (Å²) in [5.41, 5.74) is 3.67. The zero-order valence-electron chi connectivity index (χ0n) is 26.7. The van der Waals surface area contributed by atoms with E-state index in [1.54, 1.807) is 59.5 Å². The normalized spacial score (nSPS) is 14.1. The van der Waals surface area contributed by atoms with Crippen LogP contribution in [0.2, 0.25) is 0 Å². The van der Waals surface area contributed by atoms with Crippen LogP contribution < -0.4 is 15.5 Å². The highest BCUT2D eigenvalue weighted by Crippen LogP contribution is 2.35. The maximum Gasteiger partial charge on any atom is 0.416 e. The first-order valence-electron chi connectivity index (χ1n) is 16.2. The number of nitrogens with one attached hydrogen (secondary N) is 2. The van der Waals surface area contributed by atoms with Crippen LogP contribution in [0.4, 0.5) is 23.7 Å². The van der Waals surface area contributed by atoms with Crippen LogP contribution in [0.15, 0.2) is 97.1 Å². The Bertz CT molecular complexity index is 1750. The molecule has 0 saturated heterocycles. The van der Waals surface area contributed by atoms with E-state index in [1.807, 2.05) is 24.3 Å². The molecule has 49 heavy (non-hydrogen) atoms. The molecule has 0 heterocycles. The highest BCUT2D eigenvalue weighted by atomic mass is 19.4. The van der Waals surface area contributed by atoms with E-state index < -0.39 is 42.3 Å². The molecule has 0 spiro atoms. The topological polar surface area (TPSA) is 119 Å². The first-order valence-corrected chi connectivity index (χ1v) is 16.2. The summed E-state index contributed by atoms with van der Waals surface area (Å²) in [6.07, 6.45) is -0.333. The van der Waals surface area contributed by atoms with Gasteiger partial charge in [0, 0.05) is 17.8 Å². The molecule has 256 valence electrons. The monoisotopic (exact) mass is 673 g/mol. The molecule has 1 atom stereocenters. The van der Waals surface area contributed by atoms with E-state index in [2.05, 4.69) is 10.6 Å². The lowest BCUT2D eigenvalue weighted by atomic mass is 9.84. The molecule has 1 aliphatic rings. The molecule has 0 radical (unpaired) electrons. The van der Waals surface area contributed by atoms with Crippen LogP contribution in [-0.2, 0) is 24.1 Å². The Balaban J connectivity index is 1.35. The predicted octanol–water partition coefficient (Wildman–Crippen LogP) is 7.51. The van der Waals surface area contributed by atoms with Crippen LogP contribution >= 0.6 is 0 Å². The Labute approximate surface area is 282 Å². The van der Waals surface area contributed by atoms with Crippen molar-refractivity contribution in [2.45, 2.75) is 63.4 Å². The zero-order valence-corrected chi connectivity index (χ0v) is 26.7. The molecule has 1 fully saturated rings. The lowest BCUT2D eigenvalue weighted by Gasteiger charge is -2.26. The number of hydrogen-bond acceptors (Lipinski definition) is 4. The summed E-state index contributed by atoms with van der Waals surface area (Å²) in [6, 6.07) is 26.0. The van der Waals surface area contributed by atoms with Gasteiger partial charge in [-0.2, -0.15) is 13.2 Å². The molecular formula is C38H38F3N3O5. The Hall–Kier alpha value is -5.16. The minimum Gasteiger partial charge on any atom is -0.479 e. The molecule has 11 heteroatoms. The maximum absolute atomic E-state index is 13.9. The highest BCUT2D eigenvalue weighted by Gasteiger charge is 2.30. The van der Waals surface area contributed by atoms with Gasteiger partial charge in [-0.25, -0.2) is 9.59 Å². The summed E-state index contributed by atoms with van der Waals surface area (Å²) >= 11 is 0. The minimum atomic E-state index is -4.49. The average Bonchev–Trinajstić information content (AvgIpc) is 3.12. The van der Waals surface area contributed by atoms with Crippen molar-refractivity contribution in [3.05, 3.63) is 125 Å². The van der Waals surface area contributed by atoms with E-state index in [0.717, 1.165) is 25.0 Å². The van der Waals surface area contributed by atoms with Gasteiger partial charge in [-0.15, -0.1) is 0 Å². The summed E-state index contributed by atoms with van der Waals surface area (Å²) in [4.78, 5) is 38.7. The lowest BCUT2D eigenvalue weighted by molar-refractivity contribution is -0.146. The van der Waals surface area contributed by atoms with E-state index in [-0.39, 0.29) is 18.7 Å². The number of aliphatic hydroxyl groups excluding tert-OH is 1. The van der Waals surface area contributed by atoms with E-state index in [9.17, 15) is 32.7 Å². The number of urea groups is 1. The summed E-state index contributed by atoms with van der Waals surface area (Å²) < 4.78 is 40.3. The fourth-order valence-corrected chi connectivity index (χ4v) is 6.05. The van der Waals surface area contributed by atoms with E-state index in [4.69, 9.17) is 5.11 Å². The summed E-state index contributed by atoms with van der Waals surface area (Å²) in [5, 5.41) is 23.6. The number of carboxylic acids is 1. The molecule has 1 saturated carbocycles. The number of amides is 3. The third-order valence-corrected chi connectivity index (χ3v) is 8.77. The summed E-state index contributed by atoms with van der Waals surface area (Å²) in [5.74, 6) is -1.52. The van der Waals surface area contributed by atoms with Crippen molar-refractivity contribution < 1.29 is 37.8 Å². The van der Waals surface area contributed by atoms with Crippen molar-refractivity contribution in [3.63, 3.8) is 0 Å². The number of halogens is 3. The number of aliphatic hydroxyl groups is 1. The number of anilines is 1. The number of benzene rings is 4. The molecule has 1 aliphatic carbocycles. The van der Waals surface area contributed by atoms with Gasteiger partial charge in [-0.05, 0) is 83.0 Å². The molecule has 0 aliphatic heterocycles. The maximum atomic E-state index is 13.9. The summed E-state index contributed by atoms with van der Waals surface area (Å²) in [7, 11) is 0. The Kier molecular flexibility index (Phi) is 11.4. The van der Waals surface area contributed by atoms with Gasteiger partial charge in [0.05, 0.1) is 18.7 Å². The van der Waals surface area contributed by atoms with E-state index in [1.165, 1.54) is 30.9 Å². The van der Waals surface area contributed by atoms with Crippen LogP contribution in [0.5, 0.6) is 0 Å². The van der Waals surface area contributed by atoms with Crippen molar-refractivity contribution in [1.82, 2.24) is 10.6 Å². The minimum absolute atomic E-state index is 0.0587. The largest absolute Gasteiger partial charge is 0.479 e. The zero-order chi connectivity index (χ0) is 35.0. The SMILES string of the molecule is O=C(NCC(O)C(=O)O)c1ccc(CN(C(=O)NCc2ccccc2-c2cccc(C(F)(F)F)c2)c2ccc(C3CCCCC3)cc2)cc1. The van der Waals surface area contributed by atoms with Gasteiger partial charge in [0.1, 0.15) is 0 Å². The number of alkyl halides is 3. The Morgan fingerprint density at radius 1 is 0.837 bits per heavy atom. The van der Waals surface area contributed by atoms with Crippen LogP contribution in [0.25, 0.3) is 11.1 Å². The van der Waals surface area contributed by atoms with Gasteiger partial charge in [0.25, 0.3) is 5.91 Å². The number of hydrogen-bond donors (Lipinski definition) is 4. The first kappa shape index (κ1) is 35.2. The lowest BCUT2D eigenvalue weighted by Crippen LogP contribution is -2.39. The average molecular weight is 674 g/mol. The fraction of sp³-hybridized carbons (Fsp3) is 0.289. The van der Waals surface area contributed by atoms with Crippen LogP contribution in [0.1, 0.15) is 70.6 Å².